The Morgan fingerprint density at radius 3 is 2.73 bits per heavy atom. The number of morpholine rings is 1. The third-order valence-corrected chi connectivity index (χ3v) is 4.25. The molecule has 0 spiro atoms. The first-order valence-electron chi connectivity index (χ1n) is 8.24. The Labute approximate surface area is 148 Å². The van der Waals surface area contributed by atoms with E-state index in [-0.39, 0.29) is 0 Å². The van der Waals surface area contributed by atoms with Crippen LogP contribution in [0.1, 0.15) is 23.0 Å². The molecule has 0 radical (unpaired) electrons. The number of alkyl halides is 3. The second-order valence-corrected chi connectivity index (χ2v) is 5.93. The fourth-order valence-corrected chi connectivity index (χ4v) is 2.99. The van der Waals surface area contributed by atoms with Crippen LogP contribution in [0.2, 0.25) is 0 Å². The lowest BCUT2D eigenvalue weighted by molar-refractivity contribution is -0.137. The van der Waals surface area contributed by atoms with E-state index in [2.05, 4.69) is 15.5 Å². The topological polar surface area (TPSA) is 65.3 Å². The summed E-state index contributed by atoms with van der Waals surface area (Å²) in [4.78, 5) is 2.04. The molecule has 1 fully saturated rings. The fraction of sp³-hybridized carbons (Fsp3) is 0.562. The molecule has 1 aromatic carbocycles. The van der Waals surface area contributed by atoms with Crippen LogP contribution in [-0.4, -0.2) is 65.1 Å². The van der Waals surface area contributed by atoms with Crippen molar-refractivity contribution in [2.24, 2.45) is 0 Å². The number of aromatic nitrogens is 4. The number of benzene rings is 1. The molecule has 0 saturated carbocycles. The van der Waals surface area contributed by atoms with Crippen molar-refractivity contribution in [3.8, 4) is 0 Å². The maximum atomic E-state index is 13.2. The minimum Gasteiger partial charge on any atom is -0.383 e. The lowest BCUT2D eigenvalue weighted by atomic mass is 10.0. The van der Waals surface area contributed by atoms with Gasteiger partial charge in [-0.15, -0.1) is 5.10 Å². The monoisotopic (exact) mass is 371 g/mol. The van der Waals surface area contributed by atoms with Gasteiger partial charge in [-0.25, -0.2) is 4.68 Å². The van der Waals surface area contributed by atoms with E-state index in [1.54, 1.807) is 17.9 Å². The summed E-state index contributed by atoms with van der Waals surface area (Å²) >= 11 is 0. The van der Waals surface area contributed by atoms with E-state index in [1.807, 2.05) is 4.90 Å². The molecule has 10 heteroatoms. The number of methoxy groups -OCH3 is 1. The number of tetrazole rings is 1. The smallest absolute Gasteiger partial charge is 0.383 e. The van der Waals surface area contributed by atoms with E-state index >= 15 is 0 Å². The van der Waals surface area contributed by atoms with Crippen LogP contribution in [0.5, 0.6) is 0 Å². The summed E-state index contributed by atoms with van der Waals surface area (Å²) in [7, 11) is 1.57. The van der Waals surface area contributed by atoms with Gasteiger partial charge in [-0.3, -0.25) is 4.90 Å². The zero-order valence-electron chi connectivity index (χ0n) is 14.3. The van der Waals surface area contributed by atoms with Crippen LogP contribution in [0.25, 0.3) is 0 Å². The molecule has 1 saturated heterocycles. The summed E-state index contributed by atoms with van der Waals surface area (Å²) in [5.41, 5.74) is -0.195. The Morgan fingerprint density at radius 1 is 1.27 bits per heavy atom. The molecule has 0 N–H and O–H groups in total. The average molecular weight is 371 g/mol. The van der Waals surface area contributed by atoms with Crippen molar-refractivity contribution in [2.45, 2.75) is 18.8 Å². The maximum Gasteiger partial charge on any atom is 0.416 e. The van der Waals surface area contributed by atoms with Crippen LogP contribution in [0.3, 0.4) is 0 Å². The molecule has 1 aromatic heterocycles. The first-order valence-corrected chi connectivity index (χ1v) is 8.24. The summed E-state index contributed by atoms with van der Waals surface area (Å²) in [5, 5.41) is 11.8. The van der Waals surface area contributed by atoms with Gasteiger partial charge < -0.3 is 9.47 Å². The van der Waals surface area contributed by atoms with E-state index in [4.69, 9.17) is 9.47 Å². The second-order valence-electron chi connectivity index (χ2n) is 5.93. The van der Waals surface area contributed by atoms with Crippen LogP contribution < -0.4 is 0 Å². The zero-order valence-corrected chi connectivity index (χ0v) is 14.3. The molecule has 2 aromatic rings. The summed E-state index contributed by atoms with van der Waals surface area (Å²) in [5.74, 6) is 0.489. The summed E-state index contributed by atoms with van der Waals surface area (Å²) < 4.78 is 51.5. The van der Waals surface area contributed by atoms with Crippen molar-refractivity contribution in [1.29, 1.82) is 0 Å². The molecular weight excluding hydrogens is 351 g/mol. The fourth-order valence-electron chi connectivity index (χ4n) is 2.99. The molecular formula is C16H20F3N5O2. The molecule has 26 heavy (non-hydrogen) atoms. The predicted octanol–water partition coefficient (Wildman–Crippen LogP) is 1.76. The first-order chi connectivity index (χ1) is 12.5. The molecule has 1 aliphatic rings. The Balaban J connectivity index is 2.00. The second kappa shape index (κ2) is 8.11. The third kappa shape index (κ3) is 4.19. The molecule has 0 amide bonds. The van der Waals surface area contributed by atoms with Crippen LogP contribution in [0.15, 0.2) is 24.3 Å². The highest BCUT2D eigenvalue weighted by atomic mass is 19.4. The number of rotatable bonds is 6. The first kappa shape index (κ1) is 18.7. The Morgan fingerprint density at radius 2 is 2.04 bits per heavy atom. The van der Waals surface area contributed by atoms with Crippen molar-refractivity contribution < 1.29 is 22.6 Å². The van der Waals surface area contributed by atoms with E-state index in [9.17, 15) is 13.2 Å². The van der Waals surface area contributed by atoms with Gasteiger partial charge in [-0.1, -0.05) is 12.1 Å². The van der Waals surface area contributed by atoms with Gasteiger partial charge in [0, 0.05) is 20.2 Å². The highest BCUT2D eigenvalue weighted by molar-refractivity contribution is 5.31. The van der Waals surface area contributed by atoms with Crippen LogP contribution >= 0.6 is 0 Å². The van der Waals surface area contributed by atoms with E-state index in [1.165, 1.54) is 6.07 Å². The van der Waals surface area contributed by atoms with Gasteiger partial charge in [0.15, 0.2) is 5.82 Å². The van der Waals surface area contributed by atoms with Gasteiger partial charge in [-0.05, 0) is 28.1 Å². The van der Waals surface area contributed by atoms with Crippen molar-refractivity contribution in [3.05, 3.63) is 41.2 Å². The van der Waals surface area contributed by atoms with E-state index < -0.39 is 17.8 Å². The van der Waals surface area contributed by atoms with Gasteiger partial charge in [-0.2, -0.15) is 13.2 Å². The van der Waals surface area contributed by atoms with Crippen molar-refractivity contribution in [3.63, 3.8) is 0 Å². The minimum atomic E-state index is -4.41. The standard InChI is InChI=1S/C16H20F3N5O2/c1-25-8-7-24-15(20-21-22-24)14(23-5-9-26-10-6-23)12-3-2-4-13(11-12)16(17,18)19/h2-4,11,14H,5-10H2,1H3/t14-/m0/s1. The molecule has 7 nitrogen and oxygen atoms in total. The lowest BCUT2D eigenvalue weighted by Gasteiger charge is -2.34. The molecule has 0 bridgehead atoms. The molecule has 0 unspecified atom stereocenters. The van der Waals surface area contributed by atoms with Crippen LogP contribution in [-0.2, 0) is 22.2 Å². The van der Waals surface area contributed by atoms with Gasteiger partial charge >= 0.3 is 6.18 Å². The maximum absolute atomic E-state index is 13.2. The quantitative estimate of drug-likeness (QED) is 0.771. The van der Waals surface area contributed by atoms with Gasteiger partial charge in [0.25, 0.3) is 0 Å². The number of halogens is 3. The Bertz CT molecular complexity index is 716. The summed E-state index contributed by atoms with van der Waals surface area (Å²) in [6.45, 7) is 3.00. The number of hydrogen-bond donors (Lipinski definition) is 0. The van der Waals surface area contributed by atoms with Crippen LogP contribution in [0, 0.1) is 0 Å². The molecule has 2 heterocycles. The van der Waals surface area contributed by atoms with E-state index in [0.29, 0.717) is 50.8 Å². The van der Waals surface area contributed by atoms with E-state index in [0.717, 1.165) is 12.1 Å². The zero-order chi connectivity index (χ0) is 18.6. The largest absolute Gasteiger partial charge is 0.416 e. The van der Waals surface area contributed by atoms with Gasteiger partial charge in [0.05, 0.1) is 38.0 Å². The summed E-state index contributed by atoms with van der Waals surface area (Å²) in [6.07, 6.45) is -4.41. The molecule has 3 rings (SSSR count). The predicted molar refractivity (Wildman–Crippen MR) is 85.4 cm³/mol. The Hall–Kier alpha value is -2.04. The van der Waals surface area contributed by atoms with Crippen molar-refractivity contribution in [2.75, 3.05) is 40.0 Å². The molecule has 0 aliphatic carbocycles. The van der Waals surface area contributed by atoms with Crippen molar-refractivity contribution in [1.82, 2.24) is 25.1 Å². The Kier molecular flexibility index (Phi) is 5.84. The number of nitrogens with zero attached hydrogens (tertiary/aromatic N) is 5. The third-order valence-electron chi connectivity index (χ3n) is 4.25. The highest BCUT2D eigenvalue weighted by Crippen LogP contribution is 2.34. The SMILES string of the molecule is COCCn1nnnc1[C@H](c1cccc(C(F)(F)F)c1)N1CCOCC1. The average Bonchev–Trinajstić information content (AvgIpc) is 3.09. The van der Waals surface area contributed by atoms with Crippen molar-refractivity contribution >= 4 is 0 Å². The lowest BCUT2D eigenvalue weighted by Crippen LogP contribution is -2.40. The molecule has 142 valence electrons. The van der Waals surface area contributed by atoms with Gasteiger partial charge in [0.1, 0.15) is 0 Å². The molecule has 1 atom stereocenters. The number of ether oxygens (including phenoxy) is 2. The highest BCUT2D eigenvalue weighted by Gasteiger charge is 2.34. The minimum absolute atomic E-state index is 0.399. The molecule has 1 aliphatic heterocycles. The number of hydrogen-bond acceptors (Lipinski definition) is 6. The summed E-state index contributed by atoms with van der Waals surface area (Å²) in [6, 6.07) is 4.82. The van der Waals surface area contributed by atoms with Crippen LogP contribution in [0.4, 0.5) is 13.2 Å². The normalized spacial score (nSPS) is 17.4. The van der Waals surface area contributed by atoms with Gasteiger partial charge in [0.2, 0.25) is 0 Å².